The summed E-state index contributed by atoms with van der Waals surface area (Å²) in [6, 6.07) is 22.4. The fourth-order valence-electron chi connectivity index (χ4n) is 4.68. The Balaban J connectivity index is 2.03. The monoisotopic (exact) mass is 338 g/mol. The van der Waals surface area contributed by atoms with Crippen molar-refractivity contribution in [2.45, 2.75) is 69.3 Å². The molecule has 0 bridgehead atoms. The zero-order chi connectivity index (χ0) is 17.5. The largest absolute Gasteiger partial charge is 0.0912 e. The molecule has 2 unspecified atom stereocenters. The number of rotatable bonds is 3. The van der Waals surface area contributed by atoms with Crippen LogP contribution in [-0.4, -0.2) is 16.0 Å². The molecule has 24 heavy (non-hydrogen) atoms. The van der Waals surface area contributed by atoms with E-state index in [9.17, 15) is 0 Å². The van der Waals surface area contributed by atoms with E-state index in [0.29, 0.717) is 22.1 Å². The first kappa shape index (κ1) is 17.7. The topological polar surface area (TPSA) is 0 Å². The predicted octanol–water partition coefficient (Wildman–Crippen LogP) is 7.02. The second-order valence-electron chi connectivity index (χ2n) is 9.08. The van der Waals surface area contributed by atoms with E-state index >= 15 is 0 Å². The fraction of sp³-hybridized carbons (Fsp3) is 0.478. The van der Waals surface area contributed by atoms with Gasteiger partial charge in [-0.15, -0.1) is 0 Å². The van der Waals surface area contributed by atoms with E-state index in [-0.39, 0.29) is 7.92 Å². The maximum Gasteiger partial charge on any atom is -0.00127 e. The van der Waals surface area contributed by atoms with E-state index in [1.54, 1.807) is 0 Å². The van der Waals surface area contributed by atoms with Gasteiger partial charge < -0.3 is 0 Å². The van der Waals surface area contributed by atoms with Gasteiger partial charge in [0, 0.05) is 0 Å². The molecule has 2 atom stereocenters. The van der Waals surface area contributed by atoms with Crippen molar-refractivity contribution >= 4 is 7.92 Å². The number of hydrogen-bond acceptors (Lipinski definition) is 0. The molecule has 0 heterocycles. The molecule has 0 aliphatic heterocycles. The van der Waals surface area contributed by atoms with Crippen molar-refractivity contribution in [3.05, 3.63) is 71.8 Å². The molecule has 0 amide bonds. The van der Waals surface area contributed by atoms with Crippen LogP contribution in [-0.2, 0) is 0 Å². The van der Waals surface area contributed by atoms with Gasteiger partial charge in [-0.3, -0.25) is 0 Å². The van der Waals surface area contributed by atoms with Gasteiger partial charge in [-0.2, -0.15) is 0 Å². The zero-order valence-electron chi connectivity index (χ0n) is 16.0. The Labute approximate surface area is 149 Å². The Morgan fingerprint density at radius 2 is 0.917 bits per heavy atom. The molecule has 2 aromatic carbocycles. The highest BCUT2D eigenvalue weighted by atomic mass is 31.1. The minimum Gasteiger partial charge on any atom is -0.0912 e. The summed E-state index contributed by atoms with van der Waals surface area (Å²) in [6.45, 7) is 14.7. The van der Waals surface area contributed by atoms with Gasteiger partial charge in [-0.1, -0.05) is 110 Å². The molecule has 2 aromatic rings. The smallest absolute Gasteiger partial charge is 0.00127 e. The molecule has 1 aliphatic rings. The van der Waals surface area contributed by atoms with Crippen LogP contribution in [0.1, 0.15) is 64.5 Å². The molecule has 1 fully saturated rings. The van der Waals surface area contributed by atoms with Gasteiger partial charge in [0.05, 0.1) is 0 Å². The number of hydrogen-bond donors (Lipinski definition) is 0. The molecule has 1 saturated carbocycles. The molecule has 3 rings (SSSR count). The van der Waals surface area contributed by atoms with Crippen molar-refractivity contribution in [1.29, 1.82) is 0 Å². The van der Waals surface area contributed by atoms with E-state index in [0.717, 1.165) is 5.66 Å². The van der Waals surface area contributed by atoms with Crippen molar-refractivity contribution in [3.8, 4) is 0 Å². The highest BCUT2D eigenvalue weighted by molar-refractivity contribution is 7.62. The van der Waals surface area contributed by atoms with Gasteiger partial charge in [0.15, 0.2) is 0 Å². The minimum absolute atomic E-state index is 0.116. The third-order valence-electron chi connectivity index (χ3n) is 5.09. The highest BCUT2D eigenvalue weighted by Gasteiger charge is 2.59. The van der Waals surface area contributed by atoms with Crippen LogP contribution < -0.4 is 0 Å². The second kappa shape index (κ2) is 6.30. The summed E-state index contributed by atoms with van der Waals surface area (Å²) < 4.78 is 0. The molecule has 0 N–H and O–H groups in total. The second-order valence-corrected chi connectivity index (χ2v) is 13.1. The van der Waals surface area contributed by atoms with E-state index in [4.69, 9.17) is 0 Å². The Bertz CT molecular complexity index is 601. The Hall–Kier alpha value is -1.13. The first-order valence-corrected chi connectivity index (χ1v) is 10.5. The maximum atomic E-state index is 2.45. The van der Waals surface area contributed by atoms with Crippen LogP contribution in [0.4, 0.5) is 0 Å². The predicted molar refractivity (Wildman–Crippen MR) is 109 cm³/mol. The molecular weight excluding hydrogens is 307 g/mol. The van der Waals surface area contributed by atoms with Crippen molar-refractivity contribution in [1.82, 2.24) is 0 Å². The summed E-state index contributed by atoms with van der Waals surface area (Å²) in [5, 5.41) is 0.740. The quantitative estimate of drug-likeness (QED) is 0.528. The summed E-state index contributed by atoms with van der Waals surface area (Å²) in [5.41, 5.74) is 3.83. The average Bonchev–Trinajstić information content (AvgIpc) is 3.20. The molecule has 1 heteroatoms. The minimum atomic E-state index is -0.116. The highest BCUT2D eigenvalue weighted by Crippen LogP contribution is 2.77. The van der Waals surface area contributed by atoms with Crippen LogP contribution in [0.5, 0.6) is 0 Å². The summed E-state index contributed by atoms with van der Waals surface area (Å²) in [7, 11) is -0.116. The SMILES string of the molecule is CC(C)(C)P(C1C(c2ccccc2)C1c1ccccc1)C(C)(C)C. The fourth-order valence-corrected chi connectivity index (χ4v) is 9.74. The summed E-state index contributed by atoms with van der Waals surface area (Å²) >= 11 is 0. The molecule has 0 aromatic heterocycles. The van der Waals surface area contributed by atoms with Gasteiger partial charge in [0.25, 0.3) is 0 Å². The van der Waals surface area contributed by atoms with E-state index in [1.807, 2.05) is 0 Å². The van der Waals surface area contributed by atoms with Gasteiger partial charge in [0.2, 0.25) is 0 Å². The Morgan fingerprint density at radius 3 is 1.21 bits per heavy atom. The maximum absolute atomic E-state index is 2.45. The Morgan fingerprint density at radius 1 is 0.583 bits per heavy atom. The first-order chi connectivity index (χ1) is 11.2. The van der Waals surface area contributed by atoms with Crippen molar-refractivity contribution in [2.75, 3.05) is 0 Å². The normalized spacial score (nSPS) is 24.2. The van der Waals surface area contributed by atoms with Gasteiger partial charge >= 0.3 is 0 Å². The summed E-state index contributed by atoms with van der Waals surface area (Å²) in [6.07, 6.45) is 0. The van der Waals surface area contributed by atoms with Crippen molar-refractivity contribution in [2.24, 2.45) is 0 Å². The van der Waals surface area contributed by atoms with Crippen LogP contribution in [0.2, 0.25) is 0 Å². The van der Waals surface area contributed by atoms with Crippen molar-refractivity contribution in [3.63, 3.8) is 0 Å². The van der Waals surface area contributed by atoms with Gasteiger partial charge in [-0.05, 0) is 38.9 Å². The van der Waals surface area contributed by atoms with Crippen LogP contribution in [0.25, 0.3) is 0 Å². The lowest BCUT2D eigenvalue weighted by Gasteiger charge is -2.42. The van der Waals surface area contributed by atoms with E-state index < -0.39 is 0 Å². The third-order valence-corrected chi connectivity index (χ3v) is 9.22. The standard InChI is InChI=1S/C23H31P/c1-22(2,3)24(23(4,5)6)21-19(17-13-9-7-10-14-17)20(21)18-15-11-8-12-16-18/h7-16,19-21H,1-6H3. The van der Waals surface area contributed by atoms with E-state index in [2.05, 4.69) is 102 Å². The zero-order valence-corrected chi connectivity index (χ0v) is 16.8. The first-order valence-electron chi connectivity index (χ1n) is 9.10. The summed E-state index contributed by atoms with van der Waals surface area (Å²) in [5.74, 6) is 1.36. The molecular formula is C23H31P. The van der Waals surface area contributed by atoms with Crippen LogP contribution in [0, 0.1) is 0 Å². The third kappa shape index (κ3) is 3.45. The van der Waals surface area contributed by atoms with Crippen molar-refractivity contribution < 1.29 is 0 Å². The van der Waals surface area contributed by atoms with Crippen LogP contribution >= 0.6 is 7.92 Å². The lowest BCUT2D eigenvalue weighted by Crippen LogP contribution is -2.27. The van der Waals surface area contributed by atoms with Crippen LogP contribution in [0.3, 0.4) is 0 Å². The van der Waals surface area contributed by atoms with Gasteiger partial charge in [0.1, 0.15) is 0 Å². The molecule has 128 valence electrons. The molecule has 0 saturated heterocycles. The molecule has 1 aliphatic carbocycles. The van der Waals surface area contributed by atoms with E-state index in [1.165, 1.54) is 11.1 Å². The summed E-state index contributed by atoms with van der Waals surface area (Å²) in [4.78, 5) is 0. The lowest BCUT2D eigenvalue weighted by molar-refractivity contribution is 0.700. The Kier molecular flexibility index (Phi) is 4.65. The number of benzene rings is 2. The molecule has 0 radical (unpaired) electrons. The lowest BCUT2D eigenvalue weighted by atomic mass is 10.0. The molecule has 0 spiro atoms. The van der Waals surface area contributed by atoms with Crippen LogP contribution in [0.15, 0.2) is 60.7 Å². The molecule has 0 nitrogen and oxygen atoms in total. The van der Waals surface area contributed by atoms with Gasteiger partial charge in [-0.25, -0.2) is 0 Å². The average molecular weight is 338 g/mol.